The van der Waals surface area contributed by atoms with E-state index in [1.807, 2.05) is 30.3 Å². The van der Waals surface area contributed by atoms with Gasteiger partial charge in [0.15, 0.2) is 6.54 Å². The van der Waals surface area contributed by atoms with Crippen LogP contribution in [0.1, 0.15) is 24.3 Å². The maximum atomic E-state index is 14.0. The molecule has 4 rings (SSSR count). The molecule has 2 aromatic carbocycles. The van der Waals surface area contributed by atoms with E-state index < -0.39 is 5.60 Å². The van der Waals surface area contributed by atoms with Crippen molar-refractivity contribution < 1.29 is 18.8 Å². The summed E-state index contributed by atoms with van der Waals surface area (Å²) in [6, 6.07) is 16.1. The second-order valence-electron chi connectivity index (χ2n) is 6.81. The van der Waals surface area contributed by atoms with E-state index in [2.05, 4.69) is 10.2 Å². The van der Waals surface area contributed by atoms with Gasteiger partial charge in [0, 0.05) is 24.0 Å². The van der Waals surface area contributed by atoms with E-state index in [0.29, 0.717) is 49.8 Å². The number of aliphatic hydroxyl groups is 1. The molecule has 0 radical (unpaired) electrons. The van der Waals surface area contributed by atoms with E-state index >= 15 is 0 Å². The molecule has 0 aliphatic carbocycles. The van der Waals surface area contributed by atoms with Crippen molar-refractivity contribution in [1.29, 1.82) is 0 Å². The van der Waals surface area contributed by atoms with Crippen molar-refractivity contribution in [2.45, 2.75) is 25.0 Å². The normalized spacial score (nSPS) is 23.1. The lowest BCUT2D eigenvalue weighted by atomic mass is 9.84. The summed E-state index contributed by atoms with van der Waals surface area (Å²) in [4.78, 5) is 1.24. The molecule has 2 N–H and O–H groups in total. The Kier molecular flexibility index (Phi) is 4.53. The molecule has 3 aromatic rings. The first-order valence-electron chi connectivity index (χ1n) is 8.83. The third-order valence-corrected chi connectivity index (χ3v) is 5.05. The molecule has 1 aromatic heterocycles. The Morgan fingerprint density at radius 3 is 2.42 bits per heavy atom. The van der Waals surface area contributed by atoms with Gasteiger partial charge in [0.05, 0.1) is 13.1 Å². The number of quaternary nitrogens is 1. The van der Waals surface area contributed by atoms with E-state index in [1.54, 1.807) is 18.2 Å². The highest BCUT2D eigenvalue weighted by molar-refractivity contribution is 5.51. The molecule has 0 unspecified atom stereocenters. The van der Waals surface area contributed by atoms with E-state index in [4.69, 9.17) is 4.42 Å². The summed E-state index contributed by atoms with van der Waals surface area (Å²) in [6.07, 6.45) is 1.01. The van der Waals surface area contributed by atoms with Crippen LogP contribution in [-0.2, 0) is 12.1 Å². The number of hydrogen-bond acceptors (Lipinski definition) is 4. The number of aromatic nitrogens is 2. The molecule has 0 atom stereocenters. The van der Waals surface area contributed by atoms with Crippen molar-refractivity contribution in [2.24, 2.45) is 0 Å². The van der Waals surface area contributed by atoms with Crippen molar-refractivity contribution >= 4 is 0 Å². The van der Waals surface area contributed by atoms with E-state index in [1.165, 1.54) is 11.0 Å². The van der Waals surface area contributed by atoms with Crippen molar-refractivity contribution in [2.75, 3.05) is 13.1 Å². The van der Waals surface area contributed by atoms with Gasteiger partial charge in [0.2, 0.25) is 5.89 Å². The van der Waals surface area contributed by atoms with Gasteiger partial charge < -0.3 is 14.4 Å². The van der Waals surface area contributed by atoms with Crippen LogP contribution in [0.15, 0.2) is 59.0 Å². The molecule has 0 spiro atoms. The number of piperidine rings is 1. The summed E-state index contributed by atoms with van der Waals surface area (Å²) < 4.78 is 19.8. The molecular formula is C20H21FN3O2+. The van der Waals surface area contributed by atoms with Crippen LogP contribution in [0.25, 0.3) is 11.5 Å². The van der Waals surface area contributed by atoms with Crippen molar-refractivity contribution in [1.82, 2.24) is 10.2 Å². The van der Waals surface area contributed by atoms with Gasteiger partial charge >= 0.3 is 0 Å². The van der Waals surface area contributed by atoms with Crippen molar-refractivity contribution in [3.63, 3.8) is 0 Å². The fraction of sp³-hybridized carbons (Fsp3) is 0.300. The van der Waals surface area contributed by atoms with E-state index in [0.717, 1.165) is 5.56 Å². The summed E-state index contributed by atoms with van der Waals surface area (Å²) in [5, 5.41) is 19.1. The van der Waals surface area contributed by atoms with Crippen LogP contribution in [0.2, 0.25) is 0 Å². The second kappa shape index (κ2) is 6.97. The van der Waals surface area contributed by atoms with Crippen LogP contribution in [-0.4, -0.2) is 28.4 Å². The minimum absolute atomic E-state index is 0.345. The zero-order valence-electron chi connectivity index (χ0n) is 14.4. The first-order valence-corrected chi connectivity index (χ1v) is 8.83. The molecule has 1 saturated heterocycles. The Labute approximate surface area is 151 Å². The van der Waals surface area contributed by atoms with Crippen LogP contribution >= 0.6 is 0 Å². The summed E-state index contributed by atoms with van der Waals surface area (Å²) in [5.74, 6) is 0.748. The first-order chi connectivity index (χ1) is 12.6. The summed E-state index contributed by atoms with van der Waals surface area (Å²) >= 11 is 0. The van der Waals surface area contributed by atoms with Crippen LogP contribution in [0.5, 0.6) is 0 Å². The van der Waals surface area contributed by atoms with Gasteiger partial charge in [-0.05, 0) is 18.2 Å². The number of nitrogens with zero attached hydrogens (tertiary/aromatic N) is 2. The van der Waals surface area contributed by atoms with Gasteiger partial charge in [0.1, 0.15) is 11.4 Å². The van der Waals surface area contributed by atoms with Gasteiger partial charge in [-0.1, -0.05) is 36.4 Å². The maximum Gasteiger partial charge on any atom is 0.271 e. The zero-order chi connectivity index (χ0) is 18.0. The summed E-state index contributed by atoms with van der Waals surface area (Å²) in [7, 11) is 0. The number of hydrogen-bond donors (Lipinski definition) is 2. The molecular weight excluding hydrogens is 333 g/mol. The lowest BCUT2D eigenvalue weighted by molar-refractivity contribution is -0.922. The average Bonchev–Trinajstić information content (AvgIpc) is 3.13. The smallest absolute Gasteiger partial charge is 0.271 e. The van der Waals surface area contributed by atoms with Crippen LogP contribution < -0.4 is 4.90 Å². The Morgan fingerprint density at radius 1 is 1.00 bits per heavy atom. The molecule has 1 aliphatic heterocycles. The number of nitrogens with one attached hydrogen (secondary N) is 1. The minimum Gasteiger partial charge on any atom is -0.415 e. The van der Waals surface area contributed by atoms with Gasteiger partial charge in [-0.25, -0.2) is 4.39 Å². The standard InChI is InChI=1S/C20H20FN3O2/c21-17-9-5-4-8-16(17)20(25)10-12-24(13-11-20)14-18-22-23-19(26-18)15-6-2-1-3-7-15/h1-9,25H,10-14H2/p+1. The van der Waals surface area contributed by atoms with E-state index in [-0.39, 0.29) is 5.82 Å². The minimum atomic E-state index is -1.10. The molecule has 134 valence electrons. The lowest BCUT2D eigenvalue weighted by Gasteiger charge is -2.35. The topological polar surface area (TPSA) is 63.6 Å². The van der Waals surface area contributed by atoms with Crippen LogP contribution in [0.3, 0.4) is 0 Å². The van der Waals surface area contributed by atoms with Crippen molar-refractivity contribution in [3.05, 3.63) is 71.9 Å². The molecule has 6 heteroatoms. The quantitative estimate of drug-likeness (QED) is 0.752. The molecule has 0 bridgehead atoms. The molecule has 5 nitrogen and oxygen atoms in total. The highest BCUT2D eigenvalue weighted by atomic mass is 19.1. The summed E-state index contributed by atoms with van der Waals surface area (Å²) in [6.45, 7) is 2.04. The number of benzene rings is 2. The Bertz CT molecular complexity index is 874. The monoisotopic (exact) mass is 354 g/mol. The molecule has 2 heterocycles. The number of halogens is 1. The van der Waals surface area contributed by atoms with E-state index in [9.17, 15) is 9.50 Å². The van der Waals surface area contributed by atoms with Gasteiger partial charge in [-0.3, -0.25) is 0 Å². The fourth-order valence-electron chi connectivity index (χ4n) is 3.54. The molecule has 0 saturated carbocycles. The third kappa shape index (κ3) is 3.38. The Balaban J connectivity index is 1.40. The number of likely N-dealkylation sites (tertiary alicyclic amines) is 1. The largest absolute Gasteiger partial charge is 0.415 e. The highest BCUT2D eigenvalue weighted by Crippen LogP contribution is 2.31. The number of rotatable bonds is 4. The highest BCUT2D eigenvalue weighted by Gasteiger charge is 2.38. The molecule has 26 heavy (non-hydrogen) atoms. The Morgan fingerprint density at radius 2 is 1.69 bits per heavy atom. The predicted molar refractivity (Wildman–Crippen MR) is 93.7 cm³/mol. The summed E-state index contributed by atoms with van der Waals surface area (Å²) in [5.41, 5.74) is 0.191. The molecule has 0 amide bonds. The SMILES string of the molecule is OC1(c2ccccc2F)CC[NH+](Cc2nnc(-c3ccccc3)o2)CC1. The van der Waals surface area contributed by atoms with Crippen molar-refractivity contribution in [3.8, 4) is 11.5 Å². The fourth-order valence-corrected chi connectivity index (χ4v) is 3.54. The average molecular weight is 354 g/mol. The lowest BCUT2D eigenvalue weighted by Crippen LogP contribution is -3.12. The van der Waals surface area contributed by atoms with Crippen LogP contribution in [0, 0.1) is 5.82 Å². The Hall–Kier alpha value is -2.57. The predicted octanol–water partition coefficient (Wildman–Crippen LogP) is 1.94. The second-order valence-corrected chi connectivity index (χ2v) is 6.81. The third-order valence-electron chi connectivity index (χ3n) is 5.05. The zero-order valence-corrected chi connectivity index (χ0v) is 14.4. The molecule has 1 fully saturated rings. The van der Waals surface area contributed by atoms with Gasteiger partial charge in [-0.2, -0.15) is 0 Å². The van der Waals surface area contributed by atoms with Gasteiger partial charge in [-0.15, -0.1) is 10.2 Å². The maximum absolute atomic E-state index is 14.0. The van der Waals surface area contributed by atoms with Crippen LogP contribution in [0.4, 0.5) is 4.39 Å². The van der Waals surface area contributed by atoms with Gasteiger partial charge in [0.25, 0.3) is 5.89 Å². The first kappa shape index (κ1) is 16.9. The molecule has 1 aliphatic rings.